The fourth-order valence-electron chi connectivity index (χ4n) is 2.04. The highest BCUT2D eigenvalue weighted by Crippen LogP contribution is 2.25. The van der Waals surface area contributed by atoms with Crippen molar-refractivity contribution in [2.75, 3.05) is 13.2 Å². The number of hydrogen-bond acceptors (Lipinski definition) is 5. The topological polar surface area (TPSA) is 88.4 Å². The summed E-state index contributed by atoms with van der Waals surface area (Å²) in [6, 6.07) is 9.53. The molecule has 6 nitrogen and oxygen atoms in total. The van der Waals surface area contributed by atoms with Crippen LogP contribution < -0.4 is 10.1 Å². The maximum absolute atomic E-state index is 11.9. The summed E-state index contributed by atoms with van der Waals surface area (Å²) >= 11 is 0. The van der Waals surface area contributed by atoms with Gasteiger partial charge in [-0.1, -0.05) is 45.9 Å². The van der Waals surface area contributed by atoms with Crippen LogP contribution in [0.3, 0.4) is 0 Å². The predicted molar refractivity (Wildman–Crippen MR) is 94.0 cm³/mol. The first-order chi connectivity index (χ1) is 11.7. The van der Waals surface area contributed by atoms with Gasteiger partial charge in [-0.15, -0.1) is 0 Å². The minimum Gasteiger partial charge on any atom is -0.482 e. The van der Waals surface area contributed by atoms with Gasteiger partial charge in [0, 0.05) is 0 Å². The second kappa shape index (κ2) is 9.07. The van der Waals surface area contributed by atoms with Crippen molar-refractivity contribution in [3.05, 3.63) is 29.8 Å². The lowest BCUT2D eigenvalue weighted by Crippen LogP contribution is -2.50. The Morgan fingerprint density at radius 1 is 1.20 bits per heavy atom. The fraction of sp³-hybridized carbons (Fsp3) is 0.526. The van der Waals surface area contributed by atoms with E-state index in [1.807, 2.05) is 45.9 Å². The van der Waals surface area contributed by atoms with Crippen molar-refractivity contribution in [1.29, 1.82) is 5.26 Å². The van der Waals surface area contributed by atoms with E-state index in [9.17, 15) is 14.9 Å². The van der Waals surface area contributed by atoms with Crippen LogP contribution in [0.4, 0.5) is 0 Å². The lowest BCUT2D eigenvalue weighted by molar-refractivity contribution is -0.150. The second-order valence-electron chi connectivity index (χ2n) is 6.66. The van der Waals surface area contributed by atoms with Gasteiger partial charge in [-0.25, -0.2) is 4.79 Å². The van der Waals surface area contributed by atoms with Gasteiger partial charge in [0.05, 0.1) is 6.07 Å². The highest BCUT2D eigenvalue weighted by Gasteiger charge is 2.30. The Morgan fingerprint density at radius 2 is 1.84 bits per heavy atom. The molecular formula is C19H26N2O4. The number of amides is 1. The molecule has 0 saturated heterocycles. The van der Waals surface area contributed by atoms with Crippen LogP contribution in [0.25, 0.3) is 0 Å². The number of nitriles is 1. The molecule has 0 aliphatic rings. The number of nitrogens with zero attached hydrogens (tertiary/aromatic N) is 1. The summed E-state index contributed by atoms with van der Waals surface area (Å²) in [5.74, 6) is -0.355. The first-order valence-electron chi connectivity index (χ1n) is 8.29. The predicted octanol–water partition coefficient (Wildman–Crippen LogP) is 2.79. The molecule has 0 heterocycles. The van der Waals surface area contributed by atoms with E-state index < -0.39 is 24.0 Å². The Bertz CT molecular complexity index is 649. The summed E-state index contributed by atoms with van der Waals surface area (Å²) in [6.45, 7) is 8.63. The van der Waals surface area contributed by atoms with Crippen LogP contribution in [0, 0.1) is 17.2 Å². The van der Waals surface area contributed by atoms with Gasteiger partial charge in [-0.2, -0.15) is 5.26 Å². The molecule has 0 unspecified atom stereocenters. The third kappa shape index (κ3) is 6.11. The number of carbonyl (C=O) groups is 2. The fourth-order valence-corrected chi connectivity index (χ4v) is 2.04. The van der Waals surface area contributed by atoms with Crippen molar-refractivity contribution in [3.8, 4) is 11.8 Å². The number of benzene rings is 1. The summed E-state index contributed by atoms with van der Waals surface area (Å²) in [5.41, 5.74) is -0.00862. The number of nitrogens with one attached hydrogen (secondary N) is 1. The zero-order valence-corrected chi connectivity index (χ0v) is 15.5. The van der Waals surface area contributed by atoms with Crippen LogP contribution in [0.15, 0.2) is 24.3 Å². The van der Waals surface area contributed by atoms with Gasteiger partial charge < -0.3 is 14.8 Å². The molecule has 1 amide bonds. The highest BCUT2D eigenvalue weighted by atomic mass is 16.6. The van der Waals surface area contributed by atoms with Gasteiger partial charge in [-0.3, -0.25) is 4.79 Å². The number of ether oxygens (including phenoxy) is 2. The van der Waals surface area contributed by atoms with Crippen molar-refractivity contribution >= 4 is 11.9 Å². The standard InChI is InChI=1S/C19H26N2O4/c1-13(2)15-8-6-7-9-16(15)24-11-18(23)25-10-17(22)21-19(5,12-20)14(3)4/h6-9,13-14H,10-11H2,1-5H3,(H,21,22)/t19-/m1/s1. The van der Waals surface area contributed by atoms with Gasteiger partial charge in [0.25, 0.3) is 5.91 Å². The van der Waals surface area contributed by atoms with E-state index >= 15 is 0 Å². The summed E-state index contributed by atoms with van der Waals surface area (Å²) in [7, 11) is 0. The molecule has 0 spiro atoms. The molecule has 0 saturated carbocycles. The normalized spacial score (nSPS) is 13.0. The molecule has 6 heteroatoms. The molecule has 1 atom stereocenters. The van der Waals surface area contributed by atoms with Crippen LogP contribution in [0.2, 0.25) is 0 Å². The minimum absolute atomic E-state index is 0.0759. The highest BCUT2D eigenvalue weighted by molar-refractivity contribution is 5.81. The van der Waals surface area contributed by atoms with Crippen LogP contribution in [0.1, 0.15) is 46.1 Å². The average molecular weight is 346 g/mol. The SMILES string of the molecule is CC(C)c1ccccc1OCC(=O)OCC(=O)N[C@](C)(C#N)C(C)C. The van der Waals surface area contributed by atoms with Crippen molar-refractivity contribution in [2.24, 2.45) is 5.92 Å². The van der Waals surface area contributed by atoms with E-state index in [4.69, 9.17) is 9.47 Å². The third-order valence-corrected chi connectivity index (χ3v) is 4.04. The summed E-state index contributed by atoms with van der Waals surface area (Å²) in [4.78, 5) is 23.6. The van der Waals surface area contributed by atoms with E-state index in [0.29, 0.717) is 5.75 Å². The molecule has 1 rings (SSSR count). The smallest absolute Gasteiger partial charge is 0.344 e. The molecule has 25 heavy (non-hydrogen) atoms. The summed E-state index contributed by atoms with van der Waals surface area (Å²) in [6.07, 6.45) is 0. The first-order valence-corrected chi connectivity index (χ1v) is 8.29. The lowest BCUT2D eigenvalue weighted by Gasteiger charge is -2.27. The number of esters is 1. The molecule has 0 fully saturated rings. The second-order valence-corrected chi connectivity index (χ2v) is 6.66. The Labute approximate surface area is 149 Å². The molecule has 136 valence electrons. The van der Waals surface area contributed by atoms with E-state index in [1.54, 1.807) is 13.0 Å². The molecule has 0 radical (unpaired) electrons. The van der Waals surface area contributed by atoms with Crippen molar-refractivity contribution in [3.63, 3.8) is 0 Å². The molecule has 0 bridgehead atoms. The molecule has 0 aromatic heterocycles. The van der Waals surface area contributed by atoms with Gasteiger partial charge in [0.2, 0.25) is 0 Å². The monoisotopic (exact) mass is 346 g/mol. The molecular weight excluding hydrogens is 320 g/mol. The minimum atomic E-state index is -1.00. The number of para-hydroxylation sites is 1. The number of rotatable bonds is 8. The maximum Gasteiger partial charge on any atom is 0.344 e. The maximum atomic E-state index is 11.9. The van der Waals surface area contributed by atoms with Gasteiger partial charge in [0.15, 0.2) is 13.2 Å². The van der Waals surface area contributed by atoms with Crippen LogP contribution in [-0.4, -0.2) is 30.6 Å². The molecule has 1 aromatic rings. The largest absolute Gasteiger partial charge is 0.482 e. The van der Waals surface area contributed by atoms with E-state index in [2.05, 4.69) is 11.4 Å². The lowest BCUT2D eigenvalue weighted by atomic mass is 9.90. The third-order valence-electron chi connectivity index (χ3n) is 4.04. The average Bonchev–Trinajstić information content (AvgIpc) is 2.57. The first kappa shape index (κ1) is 20.5. The molecule has 1 N–H and O–H groups in total. The number of hydrogen-bond donors (Lipinski definition) is 1. The van der Waals surface area contributed by atoms with Crippen molar-refractivity contribution in [2.45, 2.75) is 46.1 Å². The van der Waals surface area contributed by atoms with E-state index in [1.165, 1.54) is 0 Å². The zero-order valence-electron chi connectivity index (χ0n) is 15.5. The van der Waals surface area contributed by atoms with Gasteiger partial charge in [-0.05, 0) is 30.4 Å². The van der Waals surface area contributed by atoms with E-state index in [-0.39, 0.29) is 18.4 Å². The van der Waals surface area contributed by atoms with Crippen LogP contribution in [-0.2, 0) is 14.3 Å². The van der Waals surface area contributed by atoms with Crippen molar-refractivity contribution < 1.29 is 19.1 Å². The molecule has 1 aromatic carbocycles. The van der Waals surface area contributed by atoms with Gasteiger partial charge >= 0.3 is 5.97 Å². The van der Waals surface area contributed by atoms with Crippen LogP contribution in [0.5, 0.6) is 5.75 Å². The zero-order chi connectivity index (χ0) is 19.0. The summed E-state index contributed by atoms with van der Waals surface area (Å²) < 4.78 is 10.4. The van der Waals surface area contributed by atoms with E-state index in [0.717, 1.165) is 5.56 Å². The van der Waals surface area contributed by atoms with Crippen molar-refractivity contribution in [1.82, 2.24) is 5.32 Å². The number of carbonyl (C=O) groups excluding carboxylic acids is 2. The Morgan fingerprint density at radius 3 is 2.40 bits per heavy atom. The van der Waals surface area contributed by atoms with Gasteiger partial charge in [0.1, 0.15) is 11.3 Å². The Hall–Kier alpha value is -2.55. The Balaban J connectivity index is 2.49. The molecule has 0 aliphatic carbocycles. The molecule has 0 aliphatic heterocycles. The van der Waals surface area contributed by atoms with Crippen LogP contribution >= 0.6 is 0 Å². The Kier molecular flexibility index (Phi) is 7.43. The quantitative estimate of drug-likeness (QED) is 0.731. The summed E-state index contributed by atoms with van der Waals surface area (Å²) in [5, 5.41) is 11.7.